The van der Waals surface area contributed by atoms with Crippen molar-refractivity contribution in [3.8, 4) is 0 Å². The van der Waals surface area contributed by atoms with E-state index < -0.39 is 0 Å². The van der Waals surface area contributed by atoms with Crippen LogP contribution in [-0.4, -0.2) is 23.0 Å². The van der Waals surface area contributed by atoms with Crippen LogP contribution in [0.5, 0.6) is 0 Å². The van der Waals surface area contributed by atoms with Crippen molar-refractivity contribution in [3.63, 3.8) is 0 Å². The standard InChI is InChI=1S/C22H27NO2/c1-17-10-9-11-18(2)23(17)21(20-14-7-4-8-15-20)22(24)25-16-19-12-5-3-6-13-19/h3-8,12-15,17-18,21H,9-11,16H2,1-2H3/t17-,18-,21?/m0/s1. The van der Waals surface area contributed by atoms with E-state index in [-0.39, 0.29) is 12.0 Å². The fourth-order valence-electron chi connectivity index (χ4n) is 3.82. The number of hydrogen-bond donors (Lipinski definition) is 0. The SMILES string of the molecule is C[C@H]1CCC[C@H](C)N1C(C(=O)OCc1ccccc1)c1ccccc1. The average Bonchev–Trinajstić information content (AvgIpc) is 2.64. The normalized spacial score (nSPS) is 22.3. The van der Waals surface area contributed by atoms with Crippen LogP contribution < -0.4 is 0 Å². The average molecular weight is 337 g/mol. The lowest BCUT2D eigenvalue weighted by molar-refractivity contribution is -0.155. The van der Waals surface area contributed by atoms with Crippen LogP contribution in [0, 0.1) is 0 Å². The molecule has 2 aromatic carbocycles. The molecule has 0 N–H and O–H groups in total. The highest BCUT2D eigenvalue weighted by Gasteiger charge is 2.37. The molecule has 0 aromatic heterocycles. The highest BCUT2D eigenvalue weighted by Crippen LogP contribution is 2.33. The fraction of sp³-hybridized carbons (Fsp3) is 0.409. The maximum absolute atomic E-state index is 13.0. The van der Waals surface area contributed by atoms with E-state index in [0.717, 1.165) is 24.0 Å². The fourth-order valence-corrected chi connectivity index (χ4v) is 3.82. The molecule has 0 bridgehead atoms. The Morgan fingerprint density at radius 2 is 1.56 bits per heavy atom. The molecule has 25 heavy (non-hydrogen) atoms. The van der Waals surface area contributed by atoms with Crippen molar-refractivity contribution in [2.75, 3.05) is 0 Å². The van der Waals surface area contributed by atoms with E-state index in [1.807, 2.05) is 60.7 Å². The van der Waals surface area contributed by atoms with Gasteiger partial charge in [-0.25, -0.2) is 4.79 Å². The molecule has 1 heterocycles. The maximum Gasteiger partial charge on any atom is 0.328 e. The number of piperidine rings is 1. The minimum atomic E-state index is -0.338. The third-order valence-corrected chi connectivity index (χ3v) is 5.12. The van der Waals surface area contributed by atoms with E-state index in [4.69, 9.17) is 4.74 Å². The third kappa shape index (κ3) is 4.29. The quantitative estimate of drug-likeness (QED) is 0.739. The maximum atomic E-state index is 13.0. The number of carbonyl (C=O) groups is 1. The Morgan fingerprint density at radius 3 is 2.16 bits per heavy atom. The van der Waals surface area contributed by atoms with E-state index in [0.29, 0.717) is 18.7 Å². The van der Waals surface area contributed by atoms with Crippen molar-refractivity contribution >= 4 is 5.97 Å². The molecular formula is C22H27NO2. The van der Waals surface area contributed by atoms with Crippen LogP contribution in [0.3, 0.4) is 0 Å². The predicted octanol–water partition coefficient (Wildman–Crippen LogP) is 4.73. The van der Waals surface area contributed by atoms with Crippen LogP contribution in [0.4, 0.5) is 0 Å². The summed E-state index contributed by atoms with van der Waals surface area (Å²) in [5, 5.41) is 0. The summed E-state index contributed by atoms with van der Waals surface area (Å²) < 4.78 is 5.71. The van der Waals surface area contributed by atoms with Gasteiger partial charge < -0.3 is 4.74 Å². The summed E-state index contributed by atoms with van der Waals surface area (Å²) in [7, 11) is 0. The van der Waals surface area contributed by atoms with Gasteiger partial charge in [0.15, 0.2) is 0 Å². The summed E-state index contributed by atoms with van der Waals surface area (Å²) >= 11 is 0. The molecule has 1 aliphatic heterocycles. The predicted molar refractivity (Wildman–Crippen MR) is 100 cm³/mol. The highest BCUT2D eigenvalue weighted by molar-refractivity contribution is 5.77. The van der Waals surface area contributed by atoms with E-state index in [1.54, 1.807) is 0 Å². The van der Waals surface area contributed by atoms with Crippen molar-refractivity contribution in [1.29, 1.82) is 0 Å². The Kier molecular flexibility index (Phi) is 5.87. The first-order valence-electron chi connectivity index (χ1n) is 9.19. The van der Waals surface area contributed by atoms with Gasteiger partial charge in [0.2, 0.25) is 0 Å². The number of carbonyl (C=O) groups excluding carboxylic acids is 1. The Balaban J connectivity index is 1.82. The molecular weight excluding hydrogens is 310 g/mol. The lowest BCUT2D eigenvalue weighted by Crippen LogP contribution is -2.48. The highest BCUT2D eigenvalue weighted by atomic mass is 16.5. The molecule has 3 atom stereocenters. The van der Waals surface area contributed by atoms with Crippen molar-refractivity contribution in [3.05, 3.63) is 71.8 Å². The smallest absolute Gasteiger partial charge is 0.328 e. The molecule has 1 aliphatic rings. The molecule has 2 aromatic rings. The van der Waals surface area contributed by atoms with Crippen LogP contribution in [0.25, 0.3) is 0 Å². The van der Waals surface area contributed by atoms with E-state index in [9.17, 15) is 4.79 Å². The number of ether oxygens (including phenoxy) is 1. The molecule has 0 radical (unpaired) electrons. The summed E-state index contributed by atoms with van der Waals surface area (Å²) in [5.74, 6) is -0.157. The van der Waals surface area contributed by atoms with Gasteiger partial charge in [-0.1, -0.05) is 67.1 Å². The zero-order valence-electron chi connectivity index (χ0n) is 15.1. The summed E-state index contributed by atoms with van der Waals surface area (Å²) in [5.41, 5.74) is 2.03. The second-order valence-corrected chi connectivity index (χ2v) is 6.98. The van der Waals surface area contributed by atoms with Gasteiger partial charge in [-0.3, -0.25) is 4.90 Å². The molecule has 1 fully saturated rings. The second-order valence-electron chi connectivity index (χ2n) is 6.98. The van der Waals surface area contributed by atoms with Gasteiger partial charge >= 0.3 is 5.97 Å². The molecule has 1 saturated heterocycles. The second kappa shape index (κ2) is 8.30. The Morgan fingerprint density at radius 1 is 1.00 bits per heavy atom. The van der Waals surface area contributed by atoms with Gasteiger partial charge in [0.05, 0.1) is 0 Å². The topological polar surface area (TPSA) is 29.5 Å². The summed E-state index contributed by atoms with van der Waals surface area (Å²) in [4.78, 5) is 15.4. The number of benzene rings is 2. The van der Waals surface area contributed by atoms with Crippen molar-refractivity contribution in [1.82, 2.24) is 4.90 Å². The van der Waals surface area contributed by atoms with E-state index >= 15 is 0 Å². The van der Waals surface area contributed by atoms with Gasteiger partial charge in [0.25, 0.3) is 0 Å². The Hall–Kier alpha value is -2.13. The molecule has 0 saturated carbocycles. The molecule has 3 heteroatoms. The van der Waals surface area contributed by atoms with E-state index in [1.165, 1.54) is 6.42 Å². The van der Waals surface area contributed by atoms with Crippen LogP contribution in [0.1, 0.15) is 50.3 Å². The molecule has 0 spiro atoms. The minimum absolute atomic E-state index is 0.157. The number of likely N-dealkylation sites (tertiary alicyclic amines) is 1. The van der Waals surface area contributed by atoms with Crippen LogP contribution in [-0.2, 0) is 16.1 Å². The molecule has 1 unspecified atom stereocenters. The lowest BCUT2D eigenvalue weighted by Gasteiger charge is -2.43. The first kappa shape index (κ1) is 17.7. The van der Waals surface area contributed by atoms with Crippen molar-refractivity contribution in [2.45, 2.75) is 57.8 Å². The van der Waals surface area contributed by atoms with Gasteiger partial charge in [-0.15, -0.1) is 0 Å². The largest absolute Gasteiger partial charge is 0.459 e. The summed E-state index contributed by atoms with van der Waals surface area (Å²) in [6.07, 6.45) is 3.47. The molecule has 3 nitrogen and oxygen atoms in total. The Labute approximate surface area is 150 Å². The summed E-state index contributed by atoms with van der Waals surface area (Å²) in [6.45, 7) is 4.76. The van der Waals surface area contributed by atoms with Crippen LogP contribution in [0.15, 0.2) is 60.7 Å². The number of hydrogen-bond acceptors (Lipinski definition) is 3. The number of rotatable bonds is 5. The van der Waals surface area contributed by atoms with Crippen LogP contribution in [0.2, 0.25) is 0 Å². The Bertz CT molecular complexity index is 661. The first-order valence-corrected chi connectivity index (χ1v) is 9.19. The summed E-state index contributed by atoms with van der Waals surface area (Å²) in [6, 6.07) is 20.3. The number of nitrogens with zero attached hydrogens (tertiary/aromatic N) is 1. The van der Waals surface area contributed by atoms with Gasteiger partial charge in [-0.2, -0.15) is 0 Å². The van der Waals surface area contributed by atoms with Crippen LogP contribution >= 0.6 is 0 Å². The first-order chi connectivity index (χ1) is 12.2. The van der Waals surface area contributed by atoms with E-state index in [2.05, 4.69) is 18.7 Å². The monoisotopic (exact) mass is 337 g/mol. The van der Waals surface area contributed by atoms with Crippen molar-refractivity contribution < 1.29 is 9.53 Å². The van der Waals surface area contributed by atoms with Gasteiger partial charge in [-0.05, 0) is 37.8 Å². The molecule has 0 aliphatic carbocycles. The van der Waals surface area contributed by atoms with Gasteiger partial charge in [0.1, 0.15) is 12.6 Å². The zero-order valence-corrected chi connectivity index (χ0v) is 15.1. The molecule has 3 rings (SSSR count). The lowest BCUT2D eigenvalue weighted by atomic mass is 9.92. The molecule has 132 valence electrons. The third-order valence-electron chi connectivity index (χ3n) is 5.12. The van der Waals surface area contributed by atoms with Gasteiger partial charge in [0, 0.05) is 12.1 Å². The van der Waals surface area contributed by atoms with Crippen molar-refractivity contribution in [2.24, 2.45) is 0 Å². The zero-order chi connectivity index (χ0) is 17.6. The number of esters is 1. The molecule has 0 amide bonds. The minimum Gasteiger partial charge on any atom is -0.459 e.